The normalized spacial score (nSPS) is 14.9. The van der Waals surface area contributed by atoms with Gasteiger partial charge in [0.05, 0.1) is 22.0 Å². The minimum Gasteiger partial charge on any atom is -0.369 e. The van der Waals surface area contributed by atoms with Crippen molar-refractivity contribution in [2.24, 2.45) is 11.7 Å². The van der Waals surface area contributed by atoms with Gasteiger partial charge < -0.3 is 11.1 Å². The Kier molecular flexibility index (Phi) is 6.18. The summed E-state index contributed by atoms with van der Waals surface area (Å²) in [6.45, 7) is 1.19. The molecule has 2 aromatic rings. The molecule has 2 amide bonds. The molecular formula is C17H17Cl2N5O5S. The Morgan fingerprint density at radius 2 is 1.97 bits per heavy atom. The van der Waals surface area contributed by atoms with E-state index < -0.39 is 39.9 Å². The van der Waals surface area contributed by atoms with Crippen molar-refractivity contribution in [1.29, 1.82) is 0 Å². The maximum atomic E-state index is 12.8. The number of carbonyl (C=O) groups excluding carboxylic acids is 2. The zero-order valence-electron chi connectivity index (χ0n) is 15.6. The van der Waals surface area contributed by atoms with Crippen molar-refractivity contribution in [3.63, 3.8) is 0 Å². The van der Waals surface area contributed by atoms with Crippen LogP contribution in [0.1, 0.15) is 5.56 Å². The van der Waals surface area contributed by atoms with Gasteiger partial charge in [0, 0.05) is 18.8 Å². The van der Waals surface area contributed by atoms with E-state index >= 15 is 0 Å². The first-order valence-electron chi connectivity index (χ1n) is 8.61. The average molecular weight is 474 g/mol. The summed E-state index contributed by atoms with van der Waals surface area (Å²) in [5.41, 5.74) is 5.14. The van der Waals surface area contributed by atoms with Gasteiger partial charge in [0.15, 0.2) is 0 Å². The van der Waals surface area contributed by atoms with Crippen LogP contribution in [0.2, 0.25) is 10.0 Å². The number of nitrogens with one attached hydrogen (secondary N) is 1. The number of amides is 2. The van der Waals surface area contributed by atoms with E-state index in [0.29, 0.717) is 5.56 Å². The second kappa shape index (κ2) is 8.34. The van der Waals surface area contributed by atoms with Crippen molar-refractivity contribution in [3.05, 3.63) is 50.4 Å². The van der Waals surface area contributed by atoms with Gasteiger partial charge in [-0.1, -0.05) is 29.3 Å². The second-order valence-corrected chi connectivity index (χ2v) is 9.41. The van der Waals surface area contributed by atoms with Crippen LogP contribution in [-0.2, 0) is 26.2 Å². The summed E-state index contributed by atoms with van der Waals surface area (Å²) >= 11 is 11.5. The summed E-state index contributed by atoms with van der Waals surface area (Å²) in [6.07, 6.45) is 1.14. The van der Waals surface area contributed by atoms with Crippen LogP contribution in [0.4, 0.5) is 5.69 Å². The zero-order chi connectivity index (χ0) is 22.2. The highest BCUT2D eigenvalue weighted by atomic mass is 35.5. The second-order valence-electron chi connectivity index (χ2n) is 6.72. The minimum absolute atomic E-state index is 0.00644. The van der Waals surface area contributed by atoms with E-state index in [0.717, 1.165) is 15.2 Å². The molecule has 1 aromatic carbocycles. The van der Waals surface area contributed by atoms with E-state index in [1.54, 1.807) is 6.92 Å². The predicted molar refractivity (Wildman–Crippen MR) is 110 cm³/mol. The van der Waals surface area contributed by atoms with Crippen molar-refractivity contribution >= 4 is 50.7 Å². The Morgan fingerprint density at radius 3 is 2.60 bits per heavy atom. The summed E-state index contributed by atoms with van der Waals surface area (Å²) in [5, 5.41) is 5.97. The summed E-state index contributed by atoms with van der Waals surface area (Å²) in [4.78, 5) is 35.4. The Labute approximate surface area is 181 Å². The van der Waals surface area contributed by atoms with E-state index in [1.807, 2.05) is 0 Å². The monoisotopic (exact) mass is 473 g/mol. The number of hydrogen-bond donors (Lipinski definition) is 2. The molecule has 2 heterocycles. The van der Waals surface area contributed by atoms with E-state index in [2.05, 4.69) is 10.4 Å². The first-order valence-corrected chi connectivity index (χ1v) is 10.8. The number of nitrogens with zero attached hydrogens (tertiary/aromatic N) is 3. The first-order chi connectivity index (χ1) is 14.0. The highest BCUT2D eigenvalue weighted by Gasteiger charge is 2.40. The van der Waals surface area contributed by atoms with E-state index in [1.165, 1.54) is 18.2 Å². The van der Waals surface area contributed by atoms with Crippen molar-refractivity contribution in [3.8, 4) is 0 Å². The number of halogens is 2. The molecule has 160 valence electrons. The van der Waals surface area contributed by atoms with Gasteiger partial charge in [-0.25, -0.2) is 13.1 Å². The smallest absolute Gasteiger partial charge is 0.287 e. The predicted octanol–water partition coefficient (Wildman–Crippen LogP) is 0.603. The van der Waals surface area contributed by atoms with Gasteiger partial charge in [0.2, 0.25) is 21.8 Å². The van der Waals surface area contributed by atoms with Crippen LogP contribution in [0.5, 0.6) is 0 Å². The van der Waals surface area contributed by atoms with Crippen LogP contribution in [0.15, 0.2) is 34.1 Å². The molecule has 13 heteroatoms. The van der Waals surface area contributed by atoms with Gasteiger partial charge in [0.1, 0.15) is 11.6 Å². The van der Waals surface area contributed by atoms with Crippen LogP contribution in [0, 0.1) is 12.8 Å². The molecule has 1 aliphatic rings. The molecule has 3 N–H and O–H groups in total. The van der Waals surface area contributed by atoms with Crippen LogP contribution in [0.3, 0.4) is 0 Å². The standard InChI is InChI=1S/C17H17Cl2N5O5S/c1-9-2-3-11(4-13(9)30(28,29)23-6-10(7-23)16(20)26)22-14(25)8-24-17(27)15(19)12(18)5-21-24/h2-5,10H,6-8H2,1H3,(H2,20,26)(H,22,25). The lowest BCUT2D eigenvalue weighted by Gasteiger charge is -2.36. The topological polar surface area (TPSA) is 144 Å². The molecule has 1 aliphatic heterocycles. The number of carbonyl (C=O) groups is 2. The summed E-state index contributed by atoms with van der Waals surface area (Å²) in [5.74, 6) is -1.68. The van der Waals surface area contributed by atoms with Gasteiger partial charge >= 0.3 is 0 Å². The molecule has 10 nitrogen and oxygen atoms in total. The quantitative estimate of drug-likeness (QED) is 0.628. The van der Waals surface area contributed by atoms with E-state index in [9.17, 15) is 22.8 Å². The SMILES string of the molecule is Cc1ccc(NC(=O)Cn2ncc(Cl)c(Cl)c2=O)cc1S(=O)(=O)N1CC(C(N)=O)C1. The highest BCUT2D eigenvalue weighted by molar-refractivity contribution is 7.89. The number of aryl methyl sites for hydroxylation is 1. The molecule has 0 radical (unpaired) electrons. The van der Waals surface area contributed by atoms with E-state index in [-0.39, 0.29) is 33.7 Å². The number of sulfonamides is 1. The van der Waals surface area contributed by atoms with Crippen LogP contribution in [-0.4, -0.2) is 47.4 Å². The molecule has 0 bridgehead atoms. The maximum absolute atomic E-state index is 12.8. The Hall–Kier alpha value is -2.47. The van der Waals surface area contributed by atoms with Crippen molar-refractivity contribution in [2.45, 2.75) is 18.4 Å². The molecule has 0 aliphatic carbocycles. The molecule has 0 saturated carbocycles. The Morgan fingerprint density at radius 1 is 1.30 bits per heavy atom. The van der Waals surface area contributed by atoms with Gasteiger partial charge in [-0.3, -0.25) is 14.4 Å². The molecular weight excluding hydrogens is 457 g/mol. The lowest BCUT2D eigenvalue weighted by atomic mass is 10.0. The van der Waals surface area contributed by atoms with Crippen molar-refractivity contribution < 1.29 is 18.0 Å². The van der Waals surface area contributed by atoms with Gasteiger partial charge in [-0.05, 0) is 24.6 Å². The van der Waals surface area contributed by atoms with E-state index in [4.69, 9.17) is 28.9 Å². The molecule has 1 saturated heterocycles. The number of benzene rings is 1. The fraction of sp³-hybridized carbons (Fsp3) is 0.294. The maximum Gasteiger partial charge on any atom is 0.287 e. The summed E-state index contributed by atoms with van der Waals surface area (Å²) in [6, 6.07) is 4.38. The van der Waals surface area contributed by atoms with Crippen molar-refractivity contribution in [1.82, 2.24) is 14.1 Å². The number of primary amides is 1. The fourth-order valence-corrected chi connectivity index (χ4v) is 4.86. The lowest BCUT2D eigenvalue weighted by molar-refractivity contribution is -0.124. The first kappa shape index (κ1) is 22.2. The van der Waals surface area contributed by atoms with Crippen molar-refractivity contribution in [2.75, 3.05) is 18.4 Å². The third-order valence-corrected chi connectivity index (χ3v) is 7.30. The molecule has 0 unspecified atom stereocenters. The molecule has 3 rings (SSSR count). The molecule has 1 fully saturated rings. The average Bonchev–Trinajstić information content (AvgIpc) is 2.62. The van der Waals surface area contributed by atoms with Crippen LogP contribution >= 0.6 is 23.2 Å². The Bertz CT molecular complexity index is 1190. The summed E-state index contributed by atoms with van der Waals surface area (Å²) < 4.78 is 27.6. The molecule has 1 aromatic heterocycles. The van der Waals surface area contributed by atoms with Crippen LogP contribution < -0.4 is 16.6 Å². The van der Waals surface area contributed by atoms with Gasteiger partial charge in [-0.15, -0.1) is 0 Å². The third kappa shape index (κ3) is 4.33. The number of hydrogen-bond acceptors (Lipinski definition) is 6. The third-order valence-electron chi connectivity index (χ3n) is 4.58. The van der Waals surface area contributed by atoms with Crippen LogP contribution in [0.25, 0.3) is 0 Å². The minimum atomic E-state index is -3.86. The number of rotatable bonds is 6. The molecule has 0 atom stereocenters. The molecule has 30 heavy (non-hydrogen) atoms. The zero-order valence-corrected chi connectivity index (χ0v) is 18.0. The van der Waals surface area contributed by atoms with Gasteiger partial charge in [0.25, 0.3) is 5.56 Å². The number of nitrogens with two attached hydrogens (primary N) is 1. The highest BCUT2D eigenvalue weighted by Crippen LogP contribution is 2.28. The fourth-order valence-electron chi connectivity index (χ4n) is 2.80. The number of anilines is 1. The largest absolute Gasteiger partial charge is 0.369 e. The Balaban J connectivity index is 1.77. The molecule has 0 spiro atoms. The lowest BCUT2D eigenvalue weighted by Crippen LogP contribution is -2.54. The summed E-state index contributed by atoms with van der Waals surface area (Å²) in [7, 11) is -3.86. The number of aromatic nitrogens is 2. The van der Waals surface area contributed by atoms with Gasteiger partial charge in [-0.2, -0.15) is 9.40 Å².